The molecule has 5 heteroatoms. The van der Waals surface area contributed by atoms with Crippen LogP contribution < -0.4 is 0 Å². The summed E-state index contributed by atoms with van der Waals surface area (Å²) in [5.41, 5.74) is 0.466. The maximum absolute atomic E-state index is 12.3. The summed E-state index contributed by atoms with van der Waals surface area (Å²) in [6.45, 7) is 5.19. The van der Waals surface area contributed by atoms with Crippen molar-refractivity contribution in [2.24, 2.45) is 0 Å². The molecular formula is C12H15BrN2O2. The summed E-state index contributed by atoms with van der Waals surface area (Å²) in [6, 6.07) is 3.62. The van der Waals surface area contributed by atoms with Gasteiger partial charge >= 0.3 is 0 Å². The molecule has 1 aliphatic rings. The van der Waals surface area contributed by atoms with E-state index in [0.29, 0.717) is 18.8 Å². The Labute approximate surface area is 109 Å². The second-order valence-corrected chi connectivity index (χ2v) is 5.16. The highest BCUT2D eigenvalue weighted by molar-refractivity contribution is 9.10. The smallest absolute Gasteiger partial charge is 0.273 e. The van der Waals surface area contributed by atoms with Gasteiger partial charge in [-0.1, -0.05) is 0 Å². The number of morpholine rings is 1. The normalized spacial score (nSPS) is 24.8. The zero-order chi connectivity index (χ0) is 12.4. The topological polar surface area (TPSA) is 42.4 Å². The summed E-state index contributed by atoms with van der Waals surface area (Å²) in [7, 11) is 0. The van der Waals surface area contributed by atoms with Crippen LogP contribution >= 0.6 is 15.9 Å². The molecule has 0 bridgehead atoms. The molecule has 1 aliphatic heterocycles. The molecule has 17 heavy (non-hydrogen) atoms. The van der Waals surface area contributed by atoms with E-state index < -0.39 is 0 Å². The molecular weight excluding hydrogens is 284 g/mol. The van der Waals surface area contributed by atoms with E-state index in [0.717, 1.165) is 4.47 Å². The van der Waals surface area contributed by atoms with Crippen LogP contribution in [-0.4, -0.2) is 41.1 Å². The Morgan fingerprint density at radius 2 is 2.12 bits per heavy atom. The summed E-state index contributed by atoms with van der Waals surface area (Å²) in [5.74, 6) is -0.0422. The van der Waals surface area contributed by atoms with E-state index >= 15 is 0 Å². The predicted octanol–water partition coefficient (Wildman–Crippen LogP) is 2.09. The lowest BCUT2D eigenvalue weighted by molar-refractivity contribution is -0.0587. The number of rotatable bonds is 1. The molecule has 1 aromatic heterocycles. The number of hydrogen-bond donors (Lipinski definition) is 0. The third-order valence-corrected chi connectivity index (χ3v) is 3.31. The number of halogens is 1. The van der Waals surface area contributed by atoms with Crippen molar-refractivity contribution in [2.75, 3.05) is 13.1 Å². The molecule has 0 spiro atoms. The minimum absolute atomic E-state index is 0.0422. The first-order chi connectivity index (χ1) is 8.08. The van der Waals surface area contributed by atoms with Gasteiger partial charge in [-0.3, -0.25) is 4.79 Å². The molecule has 0 unspecified atom stereocenters. The molecule has 92 valence electrons. The molecule has 1 aromatic rings. The van der Waals surface area contributed by atoms with Gasteiger partial charge in [0, 0.05) is 23.8 Å². The van der Waals surface area contributed by atoms with Crippen LogP contribution in [0.15, 0.2) is 22.8 Å². The van der Waals surface area contributed by atoms with Crippen LogP contribution in [0.4, 0.5) is 0 Å². The summed E-state index contributed by atoms with van der Waals surface area (Å²) < 4.78 is 6.34. The number of pyridine rings is 1. The van der Waals surface area contributed by atoms with Crippen LogP contribution in [0, 0.1) is 0 Å². The average molecular weight is 299 g/mol. The van der Waals surface area contributed by atoms with E-state index in [-0.39, 0.29) is 18.1 Å². The van der Waals surface area contributed by atoms with Crippen molar-refractivity contribution < 1.29 is 9.53 Å². The lowest BCUT2D eigenvalue weighted by atomic mass is 10.2. The molecule has 0 aromatic carbocycles. The monoisotopic (exact) mass is 298 g/mol. The maximum Gasteiger partial charge on any atom is 0.273 e. The van der Waals surface area contributed by atoms with Crippen molar-refractivity contribution in [3.05, 3.63) is 28.5 Å². The number of hydrogen-bond acceptors (Lipinski definition) is 3. The molecule has 0 aliphatic carbocycles. The minimum Gasteiger partial charge on any atom is -0.372 e. The van der Waals surface area contributed by atoms with E-state index in [2.05, 4.69) is 20.9 Å². The van der Waals surface area contributed by atoms with Gasteiger partial charge in [0.1, 0.15) is 5.69 Å². The molecule has 0 saturated carbocycles. The van der Waals surface area contributed by atoms with Crippen molar-refractivity contribution in [1.82, 2.24) is 9.88 Å². The lowest BCUT2D eigenvalue weighted by Gasteiger charge is -2.35. The van der Waals surface area contributed by atoms with Crippen LogP contribution in [0.25, 0.3) is 0 Å². The number of aromatic nitrogens is 1. The summed E-state index contributed by atoms with van der Waals surface area (Å²) >= 11 is 3.35. The zero-order valence-electron chi connectivity index (χ0n) is 9.89. The molecule has 2 rings (SSSR count). The van der Waals surface area contributed by atoms with Gasteiger partial charge in [-0.05, 0) is 41.9 Å². The fourth-order valence-corrected chi connectivity index (χ4v) is 2.46. The van der Waals surface area contributed by atoms with E-state index in [4.69, 9.17) is 4.74 Å². The van der Waals surface area contributed by atoms with Crippen LogP contribution in [0.3, 0.4) is 0 Å². The summed E-state index contributed by atoms with van der Waals surface area (Å²) in [4.78, 5) is 18.2. The number of amides is 1. The maximum atomic E-state index is 12.3. The molecule has 1 amide bonds. The van der Waals surface area contributed by atoms with Crippen LogP contribution in [0.5, 0.6) is 0 Å². The van der Waals surface area contributed by atoms with Gasteiger partial charge in [0.25, 0.3) is 5.91 Å². The largest absolute Gasteiger partial charge is 0.372 e. The second-order valence-electron chi connectivity index (χ2n) is 4.30. The van der Waals surface area contributed by atoms with Crippen molar-refractivity contribution in [1.29, 1.82) is 0 Å². The molecule has 4 nitrogen and oxygen atoms in total. The Morgan fingerprint density at radius 3 is 2.71 bits per heavy atom. The minimum atomic E-state index is -0.0422. The molecule has 1 saturated heterocycles. The Bertz CT molecular complexity index is 415. The van der Waals surface area contributed by atoms with Crippen molar-refractivity contribution in [3.63, 3.8) is 0 Å². The summed E-state index contributed by atoms with van der Waals surface area (Å²) in [6.07, 6.45) is 1.78. The van der Waals surface area contributed by atoms with Gasteiger partial charge in [0.2, 0.25) is 0 Å². The van der Waals surface area contributed by atoms with Gasteiger partial charge in [-0.15, -0.1) is 0 Å². The van der Waals surface area contributed by atoms with Crippen LogP contribution in [-0.2, 0) is 4.74 Å². The Hall–Kier alpha value is -0.940. The first kappa shape index (κ1) is 12.5. The Morgan fingerprint density at radius 1 is 1.47 bits per heavy atom. The SMILES string of the molecule is C[C@@H]1CN(C(=O)c2ncccc2Br)C[C@H](C)O1. The van der Waals surface area contributed by atoms with Gasteiger partial charge in [0.15, 0.2) is 0 Å². The van der Waals surface area contributed by atoms with Crippen molar-refractivity contribution in [2.45, 2.75) is 26.1 Å². The van der Waals surface area contributed by atoms with Crippen LogP contribution in [0.1, 0.15) is 24.3 Å². The molecule has 2 atom stereocenters. The molecule has 2 heterocycles. The Balaban J connectivity index is 2.17. The highest BCUT2D eigenvalue weighted by atomic mass is 79.9. The molecule has 0 N–H and O–H groups in total. The van der Waals surface area contributed by atoms with Gasteiger partial charge in [-0.2, -0.15) is 0 Å². The Kier molecular flexibility index (Phi) is 3.79. The number of nitrogens with zero attached hydrogens (tertiary/aromatic N) is 2. The second kappa shape index (κ2) is 5.14. The van der Waals surface area contributed by atoms with Gasteiger partial charge < -0.3 is 9.64 Å². The van der Waals surface area contributed by atoms with E-state index in [1.54, 1.807) is 17.2 Å². The highest BCUT2D eigenvalue weighted by Gasteiger charge is 2.28. The van der Waals surface area contributed by atoms with E-state index in [1.165, 1.54) is 0 Å². The number of carbonyl (C=O) groups is 1. The molecule has 1 fully saturated rings. The van der Waals surface area contributed by atoms with Gasteiger partial charge in [0.05, 0.1) is 12.2 Å². The number of carbonyl (C=O) groups excluding carboxylic acids is 1. The first-order valence-electron chi connectivity index (χ1n) is 5.63. The van der Waals surface area contributed by atoms with E-state index in [9.17, 15) is 4.79 Å². The third kappa shape index (κ3) is 2.84. The fraction of sp³-hybridized carbons (Fsp3) is 0.500. The first-order valence-corrected chi connectivity index (χ1v) is 6.42. The van der Waals surface area contributed by atoms with Crippen molar-refractivity contribution >= 4 is 21.8 Å². The van der Waals surface area contributed by atoms with Crippen LogP contribution in [0.2, 0.25) is 0 Å². The van der Waals surface area contributed by atoms with Crippen molar-refractivity contribution in [3.8, 4) is 0 Å². The fourth-order valence-electron chi connectivity index (χ4n) is 2.04. The lowest BCUT2D eigenvalue weighted by Crippen LogP contribution is -2.48. The van der Waals surface area contributed by atoms with E-state index in [1.807, 2.05) is 19.9 Å². The summed E-state index contributed by atoms with van der Waals surface area (Å²) in [5, 5.41) is 0. The predicted molar refractivity (Wildman–Crippen MR) is 67.8 cm³/mol. The zero-order valence-corrected chi connectivity index (χ0v) is 11.5. The molecule has 0 radical (unpaired) electrons. The third-order valence-electron chi connectivity index (χ3n) is 2.67. The van der Waals surface area contributed by atoms with Gasteiger partial charge in [-0.25, -0.2) is 4.98 Å². The standard InChI is InChI=1S/C12H15BrN2O2/c1-8-6-15(7-9(2)17-8)12(16)11-10(13)4-3-5-14-11/h3-5,8-9H,6-7H2,1-2H3/t8-,9+. The highest BCUT2D eigenvalue weighted by Crippen LogP contribution is 2.18. The number of ether oxygens (including phenoxy) is 1. The average Bonchev–Trinajstić information content (AvgIpc) is 2.27. The quantitative estimate of drug-likeness (QED) is 0.797.